The summed E-state index contributed by atoms with van der Waals surface area (Å²) in [5.74, 6) is 2.73. The molecule has 1 amide bonds. The molecule has 0 aromatic carbocycles. The predicted octanol–water partition coefficient (Wildman–Crippen LogP) is 3.39. The molecule has 1 spiro atoms. The Hall–Kier alpha value is -0.520. The van der Waals surface area contributed by atoms with Gasteiger partial charge in [-0.2, -0.15) is 11.8 Å². The zero-order valence-electron chi connectivity index (χ0n) is 12.2. The second-order valence-electron chi connectivity index (χ2n) is 6.43. The molecule has 1 aromatic heterocycles. The molecular weight excluding hydrogens is 300 g/mol. The van der Waals surface area contributed by atoms with Crippen LogP contribution in [0, 0.1) is 0 Å². The zero-order valence-corrected chi connectivity index (χ0v) is 13.8. The highest BCUT2D eigenvalue weighted by Gasteiger charge is 2.54. The van der Waals surface area contributed by atoms with Crippen molar-refractivity contribution in [3.05, 3.63) is 22.4 Å². The molecule has 4 rings (SSSR count). The van der Waals surface area contributed by atoms with E-state index in [-0.39, 0.29) is 11.7 Å². The van der Waals surface area contributed by atoms with Gasteiger partial charge < -0.3 is 4.90 Å². The van der Waals surface area contributed by atoms with E-state index >= 15 is 0 Å². The quantitative estimate of drug-likeness (QED) is 0.906. The van der Waals surface area contributed by atoms with Crippen molar-refractivity contribution in [3.63, 3.8) is 0 Å². The summed E-state index contributed by atoms with van der Waals surface area (Å²) in [4.78, 5) is 16.7. The van der Waals surface area contributed by atoms with Crippen LogP contribution in [0.15, 0.2) is 17.5 Å². The van der Waals surface area contributed by atoms with Crippen LogP contribution in [0.5, 0.6) is 0 Å². The number of hydrogen-bond donors (Lipinski definition) is 1. The van der Waals surface area contributed by atoms with E-state index in [1.165, 1.54) is 36.3 Å². The zero-order chi connectivity index (χ0) is 14.3. The number of nitrogens with zero attached hydrogens (tertiary/aromatic N) is 1. The average Bonchev–Trinajstić information content (AvgIpc) is 3.24. The standard InChI is InChI=1S/C16H22N2OS2/c19-15-16(7-1-2-8-16)17-14(13-6-4-10-21-13)18(15)12-5-3-9-20-11-12/h4,6,10,12,14,17H,1-3,5,7-9,11H2. The van der Waals surface area contributed by atoms with Crippen LogP contribution in [-0.4, -0.2) is 33.9 Å². The van der Waals surface area contributed by atoms with Crippen molar-refractivity contribution in [1.29, 1.82) is 0 Å². The minimum absolute atomic E-state index is 0.110. The molecule has 5 heteroatoms. The molecule has 0 radical (unpaired) electrons. The highest BCUT2D eigenvalue weighted by Crippen LogP contribution is 2.44. The Labute approximate surface area is 134 Å². The maximum absolute atomic E-state index is 13.2. The van der Waals surface area contributed by atoms with Gasteiger partial charge in [0.15, 0.2) is 0 Å². The van der Waals surface area contributed by atoms with Crippen LogP contribution in [0.1, 0.15) is 49.6 Å². The molecule has 3 aliphatic rings. The predicted molar refractivity (Wildman–Crippen MR) is 88.6 cm³/mol. The van der Waals surface area contributed by atoms with Gasteiger partial charge in [-0.1, -0.05) is 18.9 Å². The van der Waals surface area contributed by atoms with Gasteiger partial charge in [-0.15, -0.1) is 11.3 Å². The molecule has 2 aliphatic heterocycles. The molecule has 1 aromatic rings. The van der Waals surface area contributed by atoms with Gasteiger partial charge in [-0.25, -0.2) is 0 Å². The smallest absolute Gasteiger partial charge is 0.244 e. The molecule has 21 heavy (non-hydrogen) atoms. The van der Waals surface area contributed by atoms with Gasteiger partial charge in [0, 0.05) is 16.7 Å². The van der Waals surface area contributed by atoms with Gasteiger partial charge in [0.25, 0.3) is 0 Å². The Morgan fingerprint density at radius 2 is 2.14 bits per heavy atom. The number of thioether (sulfide) groups is 1. The van der Waals surface area contributed by atoms with Gasteiger partial charge in [0.05, 0.1) is 5.54 Å². The normalized spacial score (nSPS) is 32.2. The highest BCUT2D eigenvalue weighted by molar-refractivity contribution is 7.99. The molecule has 2 saturated heterocycles. The molecule has 2 atom stereocenters. The summed E-state index contributed by atoms with van der Waals surface area (Å²) < 4.78 is 0. The number of amides is 1. The van der Waals surface area contributed by atoms with E-state index in [2.05, 4.69) is 27.7 Å². The first-order valence-corrected chi connectivity index (χ1v) is 10.1. The molecule has 2 unspecified atom stereocenters. The first-order valence-electron chi connectivity index (χ1n) is 8.02. The second-order valence-corrected chi connectivity index (χ2v) is 8.56. The minimum atomic E-state index is -0.253. The summed E-state index contributed by atoms with van der Waals surface area (Å²) >= 11 is 3.77. The molecule has 3 nitrogen and oxygen atoms in total. The Morgan fingerprint density at radius 1 is 1.29 bits per heavy atom. The van der Waals surface area contributed by atoms with E-state index in [0.717, 1.165) is 18.6 Å². The van der Waals surface area contributed by atoms with E-state index < -0.39 is 0 Å². The van der Waals surface area contributed by atoms with E-state index in [0.29, 0.717) is 11.9 Å². The van der Waals surface area contributed by atoms with E-state index in [1.54, 1.807) is 11.3 Å². The Balaban J connectivity index is 1.67. The van der Waals surface area contributed by atoms with E-state index in [4.69, 9.17) is 0 Å². The summed E-state index contributed by atoms with van der Waals surface area (Å²) in [5, 5.41) is 5.86. The van der Waals surface area contributed by atoms with Crippen LogP contribution < -0.4 is 5.32 Å². The lowest BCUT2D eigenvalue weighted by Crippen LogP contribution is -2.46. The first kappa shape index (κ1) is 14.1. The molecule has 3 heterocycles. The van der Waals surface area contributed by atoms with Gasteiger partial charge in [-0.3, -0.25) is 10.1 Å². The maximum atomic E-state index is 13.2. The lowest BCUT2D eigenvalue weighted by atomic mass is 9.97. The topological polar surface area (TPSA) is 32.3 Å². The van der Waals surface area contributed by atoms with Crippen LogP contribution in [0.25, 0.3) is 0 Å². The Kier molecular flexibility index (Phi) is 3.76. The second kappa shape index (κ2) is 5.60. The summed E-state index contributed by atoms with van der Waals surface area (Å²) in [6, 6.07) is 4.68. The lowest BCUT2D eigenvalue weighted by Gasteiger charge is -2.34. The largest absolute Gasteiger partial charge is 0.317 e. The van der Waals surface area contributed by atoms with Crippen molar-refractivity contribution < 1.29 is 4.79 Å². The molecule has 3 fully saturated rings. The van der Waals surface area contributed by atoms with Crippen molar-refractivity contribution in [2.45, 2.75) is 56.3 Å². The highest BCUT2D eigenvalue weighted by atomic mass is 32.2. The van der Waals surface area contributed by atoms with Gasteiger partial charge in [0.2, 0.25) is 5.91 Å². The molecule has 1 saturated carbocycles. The fourth-order valence-electron chi connectivity index (χ4n) is 4.07. The van der Waals surface area contributed by atoms with Gasteiger partial charge >= 0.3 is 0 Å². The first-order chi connectivity index (χ1) is 10.3. The third-order valence-corrected chi connectivity index (χ3v) is 7.26. The van der Waals surface area contributed by atoms with Crippen molar-refractivity contribution in [2.24, 2.45) is 0 Å². The van der Waals surface area contributed by atoms with Crippen molar-refractivity contribution in [1.82, 2.24) is 10.2 Å². The Morgan fingerprint density at radius 3 is 2.81 bits per heavy atom. The number of carbonyl (C=O) groups is 1. The number of thiophene rings is 1. The van der Waals surface area contributed by atoms with Crippen LogP contribution >= 0.6 is 23.1 Å². The molecule has 114 valence electrons. The van der Waals surface area contributed by atoms with Crippen LogP contribution in [0.4, 0.5) is 0 Å². The fourth-order valence-corrected chi connectivity index (χ4v) is 5.98. The average molecular weight is 322 g/mol. The van der Waals surface area contributed by atoms with Gasteiger partial charge in [0.1, 0.15) is 6.17 Å². The third kappa shape index (κ3) is 2.34. The molecule has 1 aliphatic carbocycles. The monoisotopic (exact) mass is 322 g/mol. The number of rotatable bonds is 2. The summed E-state index contributed by atoms with van der Waals surface area (Å²) in [6.45, 7) is 0. The van der Waals surface area contributed by atoms with Crippen LogP contribution in [0.3, 0.4) is 0 Å². The Bertz CT molecular complexity index is 504. The summed E-state index contributed by atoms with van der Waals surface area (Å²) in [6.07, 6.45) is 6.92. The molecular formula is C16H22N2OS2. The van der Waals surface area contributed by atoms with E-state index in [9.17, 15) is 4.79 Å². The van der Waals surface area contributed by atoms with Crippen molar-refractivity contribution in [2.75, 3.05) is 11.5 Å². The summed E-state index contributed by atoms with van der Waals surface area (Å²) in [5.41, 5.74) is -0.253. The number of hydrogen-bond acceptors (Lipinski definition) is 4. The maximum Gasteiger partial charge on any atom is 0.244 e. The van der Waals surface area contributed by atoms with Gasteiger partial charge in [-0.05, 0) is 42.9 Å². The number of carbonyl (C=O) groups excluding carboxylic acids is 1. The molecule has 0 bridgehead atoms. The van der Waals surface area contributed by atoms with Crippen LogP contribution in [-0.2, 0) is 4.79 Å². The summed E-state index contributed by atoms with van der Waals surface area (Å²) in [7, 11) is 0. The van der Waals surface area contributed by atoms with Crippen LogP contribution in [0.2, 0.25) is 0 Å². The minimum Gasteiger partial charge on any atom is -0.317 e. The SMILES string of the molecule is O=C1N(C2CCCSC2)C(c2cccs2)NC12CCCC2. The lowest BCUT2D eigenvalue weighted by molar-refractivity contribution is -0.135. The van der Waals surface area contributed by atoms with E-state index in [1.807, 2.05) is 11.8 Å². The molecule has 1 N–H and O–H groups in total. The number of nitrogens with one attached hydrogen (secondary N) is 1. The third-order valence-electron chi connectivity index (χ3n) is 5.13. The van der Waals surface area contributed by atoms with Crippen molar-refractivity contribution in [3.8, 4) is 0 Å². The van der Waals surface area contributed by atoms with Crippen molar-refractivity contribution >= 4 is 29.0 Å². The fraction of sp³-hybridized carbons (Fsp3) is 0.688.